The van der Waals surface area contributed by atoms with Crippen molar-refractivity contribution in [2.45, 2.75) is 37.4 Å². The van der Waals surface area contributed by atoms with E-state index in [0.29, 0.717) is 0 Å². The van der Waals surface area contributed by atoms with Gasteiger partial charge in [-0.1, -0.05) is 0 Å². The molecular formula is C7H15NO5. The molecule has 0 aromatic rings. The topological polar surface area (TPSA) is 105 Å². The fraction of sp³-hybridized carbons (Fsp3) is 1.00. The summed E-state index contributed by atoms with van der Waals surface area (Å²) in [5.74, 6) is 4.81. The average molecular weight is 193 g/mol. The van der Waals surface area contributed by atoms with Crippen LogP contribution in [-0.4, -0.2) is 52.4 Å². The SMILES string of the molecule is C[C@H]1OC(CON)[C@H](O)[C@H](O)C1O. The lowest BCUT2D eigenvalue weighted by molar-refractivity contribution is -0.228. The van der Waals surface area contributed by atoms with E-state index in [4.69, 9.17) is 10.6 Å². The van der Waals surface area contributed by atoms with Crippen LogP contribution >= 0.6 is 0 Å². The molecule has 0 aliphatic carbocycles. The maximum Gasteiger partial charge on any atom is 0.112 e. The molecule has 0 radical (unpaired) electrons. The second-order valence-corrected chi connectivity index (χ2v) is 3.18. The van der Waals surface area contributed by atoms with Crippen LogP contribution in [0.3, 0.4) is 0 Å². The standard InChI is InChI=1S/C7H15NO5/c1-3-5(9)7(11)6(10)4(13-3)2-12-8/h3-7,9-11H,2,8H2,1H3/t3-,4?,5?,6+,7-/m1/s1. The van der Waals surface area contributed by atoms with Gasteiger partial charge >= 0.3 is 0 Å². The zero-order valence-electron chi connectivity index (χ0n) is 7.33. The molecule has 6 heteroatoms. The van der Waals surface area contributed by atoms with Crippen LogP contribution in [0.15, 0.2) is 0 Å². The van der Waals surface area contributed by atoms with Crippen molar-refractivity contribution < 1.29 is 24.9 Å². The lowest BCUT2D eigenvalue weighted by Gasteiger charge is -2.38. The molecule has 5 atom stereocenters. The average Bonchev–Trinajstić information content (AvgIpc) is 2.11. The summed E-state index contributed by atoms with van der Waals surface area (Å²) in [5, 5.41) is 28.0. The van der Waals surface area contributed by atoms with Crippen LogP contribution in [0, 0.1) is 0 Å². The molecule has 2 unspecified atom stereocenters. The number of hydrogen-bond acceptors (Lipinski definition) is 6. The maximum absolute atomic E-state index is 9.39. The zero-order chi connectivity index (χ0) is 10.0. The Morgan fingerprint density at radius 1 is 1.23 bits per heavy atom. The summed E-state index contributed by atoms with van der Waals surface area (Å²) in [6.07, 6.45) is -4.71. The molecule has 1 aliphatic heterocycles. The largest absolute Gasteiger partial charge is 0.388 e. The van der Waals surface area contributed by atoms with E-state index in [1.807, 2.05) is 0 Å². The van der Waals surface area contributed by atoms with Crippen LogP contribution in [0.1, 0.15) is 6.92 Å². The monoisotopic (exact) mass is 193 g/mol. The Bertz CT molecular complexity index is 167. The zero-order valence-corrected chi connectivity index (χ0v) is 7.33. The first-order chi connectivity index (χ1) is 6.07. The Morgan fingerprint density at radius 3 is 2.38 bits per heavy atom. The van der Waals surface area contributed by atoms with Gasteiger partial charge < -0.3 is 24.9 Å². The Hall–Kier alpha value is -0.240. The number of ether oxygens (including phenoxy) is 1. The molecule has 1 saturated heterocycles. The van der Waals surface area contributed by atoms with Crippen LogP contribution in [0.25, 0.3) is 0 Å². The molecule has 1 rings (SSSR count). The predicted molar refractivity (Wildman–Crippen MR) is 42.5 cm³/mol. The molecule has 0 spiro atoms. The van der Waals surface area contributed by atoms with Gasteiger partial charge in [-0.15, -0.1) is 0 Å². The van der Waals surface area contributed by atoms with Crippen LogP contribution in [0.2, 0.25) is 0 Å². The van der Waals surface area contributed by atoms with Crippen molar-refractivity contribution in [1.82, 2.24) is 0 Å². The highest BCUT2D eigenvalue weighted by Crippen LogP contribution is 2.20. The van der Waals surface area contributed by atoms with E-state index in [1.165, 1.54) is 0 Å². The summed E-state index contributed by atoms with van der Waals surface area (Å²) in [6.45, 7) is 1.58. The van der Waals surface area contributed by atoms with E-state index in [-0.39, 0.29) is 6.61 Å². The Labute approximate surface area is 75.8 Å². The van der Waals surface area contributed by atoms with Gasteiger partial charge in [-0.25, -0.2) is 5.90 Å². The van der Waals surface area contributed by atoms with Crippen LogP contribution in [-0.2, 0) is 9.57 Å². The number of hydrogen-bond donors (Lipinski definition) is 4. The Morgan fingerprint density at radius 2 is 1.85 bits per heavy atom. The van der Waals surface area contributed by atoms with Gasteiger partial charge in [0.05, 0.1) is 12.7 Å². The van der Waals surface area contributed by atoms with Gasteiger partial charge in [-0.2, -0.15) is 0 Å². The summed E-state index contributed by atoms with van der Waals surface area (Å²) >= 11 is 0. The fourth-order valence-electron chi connectivity index (χ4n) is 1.37. The second-order valence-electron chi connectivity index (χ2n) is 3.18. The fourth-order valence-corrected chi connectivity index (χ4v) is 1.37. The molecule has 0 saturated carbocycles. The molecule has 5 N–H and O–H groups in total. The molecule has 1 aliphatic rings. The number of rotatable bonds is 2. The highest BCUT2D eigenvalue weighted by Gasteiger charge is 2.41. The molecule has 0 aromatic heterocycles. The normalized spacial score (nSPS) is 46.4. The summed E-state index contributed by atoms with van der Waals surface area (Å²) < 4.78 is 5.16. The van der Waals surface area contributed by atoms with Gasteiger partial charge in [0.2, 0.25) is 0 Å². The quantitative estimate of drug-likeness (QED) is 0.369. The number of nitrogens with two attached hydrogens (primary N) is 1. The third kappa shape index (κ3) is 2.16. The van der Waals surface area contributed by atoms with Crippen molar-refractivity contribution in [3.63, 3.8) is 0 Å². The van der Waals surface area contributed by atoms with Crippen LogP contribution in [0.5, 0.6) is 0 Å². The number of aliphatic hydroxyl groups is 3. The first-order valence-corrected chi connectivity index (χ1v) is 4.09. The van der Waals surface area contributed by atoms with E-state index >= 15 is 0 Å². The minimum absolute atomic E-state index is 0.0186. The highest BCUT2D eigenvalue weighted by molar-refractivity contribution is 4.90. The first-order valence-electron chi connectivity index (χ1n) is 4.09. The van der Waals surface area contributed by atoms with Gasteiger partial charge in [0.1, 0.15) is 24.4 Å². The van der Waals surface area contributed by atoms with Gasteiger partial charge in [0.15, 0.2) is 0 Å². The van der Waals surface area contributed by atoms with Crippen molar-refractivity contribution in [1.29, 1.82) is 0 Å². The molecule has 0 aromatic carbocycles. The minimum Gasteiger partial charge on any atom is -0.388 e. The third-order valence-corrected chi connectivity index (χ3v) is 2.21. The Balaban J connectivity index is 2.59. The summed E-state index contributed by atoms with van der Waals surface area (Å²) in [6, 6.07) is 0. The smallest absolute Gasteiger partial charge is 0.112 e. The summed E-state index contributed by atoms with van der Waals surface area (Å²) in [5.41, 5.74) is 0. The molecule has 13 heavy (non-hydrogen) atoms. The van der Waals surface area contributed by atoms with Gasteiger partial charge in [0, 0.05) is 0 Å². The Kier molecular flexibility index (Phi) is 3.60. The molecule has 0 amide bonds. The molecule has 78 valence electrons. The highest BCUT2D eigenvalue weighted by atomic mass is 16.6. The second kappa shape index (κ2) is 4.32. The lowest BCUT2D eigenvalue weighted by atomic mass is 9.96. The van der Waals surface area contributed by atoms with Crippen molar-refractivity contribution in [3.05, 3.63) is 0 Å². The van der Waals surface area contributed by atoms with Crippen LogP contribution in [0.4, 0.5) is 0 Å². The van der Waals surface area contributed by atoms with E-state index < -0.39 is 30.5 Å². The van der Waals surface area contributed by atoms with Crippen molar-refractivity contribution in [2.24, 2.45) is 5.90 Å². The van der Waals surface area contributed by atoms with E-state index in [1.54, 1.807) is 6.92 Å². The minimum atomic E-state index is -1.22. The van der Waals surface area contributed by atoms with Crippen molar-refractivity contribution >= 4 is 0 Å². The summed E-state index contributed by atoms with van der Waals surface area (Å²) in [4.78, 5) is 4.31. The molecule has 1 heterocycles. The molecular weight excluding hydrogens is 178 g/mol. The molecule has 0 bridgehead atoms. The van der Waals surface area contributed by atoms with Crippen molar-refractivity contribution in [3.8, 4) is 0 Å². The molecule has 6 nitrogen and oxygen atoms in total. The predicted octanol–water partition coefficient (Wildman–Crippen LogP) is -2.25. The van der Waals surface area contributed by atoms with E-state index in [0.717, 1.165) is 0 Å². The van der Waals surface area contributed by atoms with E-state index in [2.05, 4.69) is 4.84 Å². The first kappa shape index (κ1) is 10.8. The van der Waals surface area contributed by atoms with Crippen LogP contribution < -0.4 is 5.90 Å². The van der Waals surface area contributed by atoms with Gasteiger partial charge in [-0.3, -0.25) is 0 Å². The van der Waals surface area contributed by atoms with E-state index in [9.17, 15) is 15.3 Å². The maximum atomic E-state index is 9.39. The van der Waals surface area contributed by atoms with Gasteiger partial charge in [0.25, 0.3) is 0 Å². The third-order valence-electron chi connectivity index (χ3n) is 2.21. The van der Waals surface area contributed by atoms with Crippen molar-refractivity contribution in [2.75, 3.05) is 6.61 Å². The summed E-state index contributed by atoms with van der Waals surface area (Å²) in [7, 11) is 0. The molecule has 1 fully saturated rings. The number of aliphatic hydroxyl groups excluding tert-OH is 3. The van der Waals surface area contributed by atoms with Gasteiger partial charge in [-0.05, 0) is 6.92 Å². The lowest BCUT2D eigenvalue weighted by Crippen LogP contribution is -2.57.